The summed E-state index contributed by atoms with van der Waals surface area (Å²) in [5, 5.41) is 1.03. The molecule has 28 heavy (non-hydrogen) atoms. The fraction of sp³-hybridized carbons (Fsp3) is 0.278. The van der Waals surface area contributed by atoms with Crippen molar-refractivity contribution in [3.8, 4) is 0 Å². The Balaban J connectivity index is 1.80. The van der Waals surface area contributed by atoms with E-state index < -0.39 is 44.9 Å². The van der Waals surface area contributed by atoms with Crippen LogP contribution < -0.4 is 20.9 Å². The lowest BCUT2D eigenvalue weighted by molar-refractivity contribution is -0.119. The molecule has 0 aliphatic carbocycles. The number of anilines is 2. The third kappa shape index (κ3) is 4.29. The van der Waals surface area contributed by atoms with Gasteiger partial charge in [0.1, 0.15) is 11.6 Å². The van der Waals surface area contributed by atoms with Crippen LogP contribution in [0.15, 0.2) is 42.5 Å². The van der Waals surface area contributed by atoms with Gasteiger partial charge >= 0.3 is 0 Å². The largest absolute Gasteiger partial charge is 0.323 e. The maximum Gasteiger partial charge on any atom is 0.250 e. The van der Waals surface area contributed by atoms with E-state index in [0.717, 1.165) is 17.7 Å². The molecular formula is C18H20F2N4O3S. The maximum absolute atomic E-state index is 13.8. The minimum atomic E-state index is -4.00. The van der Waals surface area contributed by atoms with Crippen LogP contribution in [0.1, 0.15) is 12.5 Å². The molecule has 3 unspecified atom stereocenters. The third-order valence-corrected chi connectivity index (χ3v) is 6.06. The summed E-state index contributed by atoms with van der Waals surface area (Å²) in [5.74, 6) is -3.50. The van der Waals surface area contributed by atoms with Gasteiger partial charge in [-0.3, -0.25) is 14.9 Å². The standard InChI is InChI=1S/C18H20F2N4O3S/c1-10-3-6-13(7-4-10)24-28(26,27)18-16(11(2)22-23-18)17(25)21-15-8-5-12(19)9-14(15)20/h3-9,11,16,18,22-24H,1-2H3,(H,21,25). The number of carbonyl (C=O) groups excluding carboxylic acids is 1. The Kier molecular flexibility index (Phi) is 5.64. The fourth-order valence-electron chi connectivity index (χ4n) is 2.95. The first-order valence-corrected chi connectivity index (χ1v) is 10.1. The molecule has 2 aromatic rings. The molecule has 1 aliphatic rings. The third-order valence-electron chi connectivity index (χ3n) is 4.46. The highest BCUT2D eigenvalue weighted by atomic mass is 32.2. The molecule has 2 aromatic carbocycles. The molecule has 0 bridgehead atoms. The summed E-state index contributed by atoms with van der Waals surface area (Å²) >= 11 is 0. The van der Waals surface area contributed by atoms with Gasteiger partial charge in [-0.05, 0) is 38.1 Å². The average Bonchev–Trinajstić information content (AvgIpc) is 3.02. The van der Waals surface area contributed by atoms with E-state index >= 15 is 0 Å². The first-order chi connectivity index (χ1) is 13.2. The van der Waals surface area contributed by atoms with Crippen molar-refractivity contribution in [2.75, 3.05) is 10.0 Å². The number of nitrogens with one attached hydrogen (secondary N) is 4. The fourth-order valence-corrected chi connectivity index (χ4v) is 4.51. The average molecular weight is 410 g/mol. The zero-order chi connectivity index (χ0) is 20.5. The predicted octanol–water partition coefficient (Wildman–Crippen LogP) is 2.09. The number of carbonyl (C=O) groups is 1. The van der Waals surface area contributed by atoms with Crippen LogP contribution >= 0.6 is 0 Å². The van der Waals surface area contributed by atoms with Gasteiger partial charge in [-0.1, -0.05) is 17.7 Å². The van der Waals surface area contributed by atoms with Gasteiger partial charge in [-0.2, -0.15) is 0 Å². The van der Waals surface area contributed by atoms with Crippen LogP contribution in [-0.4, -0.2) is 25.7 Å². The van der Waals surface area contributed by atoms with Gasteiger partial charge in [-0.15, -0.1) is 0 Å². The van der Waals surface area contributed by atoms with Crippen molar-refractivity contribution in [1.29, 1.82) is 0 Å². The molecular weight excluding hydrogens is 390 g/mol. The van der Waals surface area contributed by atoms with Crippen LogP contribution in [0, 0.1) is 24.5 Å². The number of amides is 1. The number of hydrogen-bond donors (Lipinski definition) is 4. The molecule has 1 saturated heterocycles. The molecule has 1 amide bonds. The van der Waals surface area contributed by atoms with Crippen molar-refractivity contribution in [2.24, 2.45) is 5.92 Å². The second kappa shape index (κ2) is 7.82. The van der Waals surface area contributed by atoms with Crippen molar-refractivity contribution in [3.63, 3.8) is 0 Å². The van der Waals surface area contributed by atoms with E-state index in [1.54, 1.807) is 31.2 Å². The lowest BCUT2D eigenvalue weighted by atomic mass is 10.0. The predicted molar refractivity (Wildman–Crippen MR) is 102 cm³/mol. The maximum atomic E-state index is 13.8. The van der Waals surface area contributed by atoms with Gasteiger partial charge in [0.25, 0.3) is 10.0 Å². The smallest absolute Gasteiger partial charge is 0.250 e. The molecule has 1 aliphatic heterocycles. The molecule has 0 saturated carbocycles. The van der Waals surface area contributed by atoms with Crippen molar-refractivity contribution < 1.29 is 22.0 Å². The topological polar surface area (TPSA) is 99.3 Å². The molecule has 4 N–H and O–H groups in total. The van der Waals surface area contributed by atoms with E-state index in [1.807, 2.05) is 6.92 Å². The quantitative estimate of drug-likeness (QED) is 0.605. The zero-order valence-corrected chi connectivity index (χ0v) is 16.0. The van der Waals surface area contributed by atoms with Crippen molar-refractivity contribution in [1.82, 2.24) is 10.9 Å². The number of halogens is 2. The molecule has 1 fully saturated rings. The Bertz CT molecular complexity index is 983. The number of hydrogen-bond acceptors (Lipinski definition) is 5. The lowest BCUT2D eigenvalue weighted by Gasteiger charge is -2.21. The van der Waals surface area contributed by atoms with E-state index in [9.17, 15) is 22.0 Å². The number of sulfonamides is 1. The molecule has 10 heteroatoms. The van der Waals surface area contributed by atoms with Crippen LogP contribution in [0.25, 0.3) is 0 Å². The molecule has 0 spiro atoms. The van der Waals surface area contributed by atoms with Crippen molar-refractivity contribution in [3.05, 3.63) is 59.7 Å². The summed E-state index contributed by atoms with van der Waals surface area (Å²) in [4.78, 5) is 12.7. The van der Waals surface area contributed by atoms with E-state index in [4.69, 9.17) is 0 Å². The summed E-state index contributed by atoms with van der Waals surface area (Å²) in [5.41, 5.74) is 6.43. The molecule has 3 rings (SSSR count). The summed E-state index contributed by atoms with van der Waals surface area (Å²) in [6.45, 7) is 3.50. The summed E-state index contributed by atoms with van der Waals surface area (Å²) in [6.07, 6.45) is 0. The van der Waals surface area contributed by atoms with Crippen LogP contribution in [0.2, 0.25) is 0 Å². The minimum Gasteiger partial charge on any atom is -0.323 e. The number of hydrazine groups is 1. The molecule has 7 nitrogen and oxygen atoms in total. The SMILES string of the molecule is Cc1ccc(NS(=O)(=O)C2NNC(C)C2C(=O)Nc2ccc(F)cc2F)cc1. The van der Waals surface area contributed by atoms with E-state index in [1.165, 1.54) is 0 Å². The van der Waals surface area contributed by atoms with Crippen molar-refractivity contribution >= 4 is 27.3 Å². The second-order valence-electron chi connectivity index (χ2n) is 6.65. The Morgan fingerprint density at radius 1 is 1.07 bits per heavy atom. The molecule has 150 valence electrons. The van der Waals surface area contributed by atoms with Gasteiger partial charge in [0.2, 0.25) is 5.91 Å². The van der Waals surface area contributed by atoms with Crippen LogP contribution in [0.4, 0.5) is 20.2 Å². The molecule has 0 aromatic heterocycles. The monoisotopic (exact) mass is 410 g/mol. The molecule has 1 heterocycles. The Hall–Kier alpha value is -2.56. The molecule has 0 radical (unpaired) electrons. The number of benzene rings is 2. The number of rotatable bonds is 5. The highest BCUT2D eigenvalue weighted by molar-refractivity contribution is 7.93. The first kappa shape index (κ1) is 20.2. The van der Waals surface area contributed by atoms with Crippen LogP contribution in [-0.2, 0) is 14.8 Å². The van der Waals surface area contributed by atoms with Gasteiger partial charge in [0, 0.05) is 17.8 Å². The van der Waals surface area contributed by atoms with Gasteiger partial charge < -0.3 is 5.32 Å². The summed E-state index contributed by atoms with van der Waals surface area (Å²) in [7, 11) is -4.00. The molecule has 3 atom stereocenters. The summed E-state index contributed by atoms with van der Waals surface area (Å²) in [6, 6.07) is 8.89. The van der Waals surface area contributed by atoms with Crippen molar-refractivity contribution in [2.45, 2.75) is 25.3 Å². The van der Waals surface area contributed by atoms with E-state index in [0.29, 0.717) is 11.8 Å². The normalized spacial score (nSPS) is 22.1. The Labute approximate surface area is 161 Å². The first-order valence-electron chi connectivity index (χ1n) is 8.52. The highest BCUT2D eigenvalue weighted by Crippen LogP contribution is 2.24. The van der Waals surface area contributed by atoms with E-state index in [-0.39, 0.29) is 5.69 Å². The second-order valence-corrected chi connectivity index (χ2v) is 8.45. The lowest BCUT2D eigenvalue weighted by Crippen LogP contribution is -2.45. The van der Waals surface area contributed by atoms with Gasteiger partial charge in [0.05, 0.1) is 11.6 Å². The van der Waals surface area contributed by atoms with Gasteiger partial charge in [0.15, 0.2) is 5.37 Å². The zero-order valence-electron chi connectivity index (χ0n) is 15.2. The highest BCUT2D eigenvalue weighted by Gasteiger charge is 2.46. The number of aryl methyl sites for hydroxylation is 1. The van der Waals surface area contributed by atoms with Gasteiger partial charge in [-0.25, -0.2) is 22.6 Å². The Morgan fingerprint density at radius 3 is 2.39 bits per heavy atom. The summed E-state index contributed by atoms with van der Waals surface area (Å²) < 4.78 is 54.9. The van der Waals surface area contributed by atoms with E-state index in [2.05, 4.69) is 20.9 Å². The Morgan fingerprint density at radius 2 is 1.75 bits per heavy atom. The minimum absolute atomic E-state index is 0.229. The van der Waals surface area contributed by atoms with Crippen LogP contribution in [0.5, 0.6) is 0 Å². The van der Waals surface area contributed by atoms with Crippen LogP contribution in [0.3, 0.4) is 0 Å².